The number of carbonyl (C=O) groups is 4. The summed E-state index contributed by atoms with van der Waals surface area (Å²) in [5.74, 6) is -11.2. The van der Waals surface area contributed by atoms with E-state index in [9.17, 15) is 28.0 Å². The molecule has 1 fully saturated rings. The number of aliphatic carboxylic acids is 1. The smallest absolute Gasteiger partial charge is 0.412 e. The molecule has 32 heavy (non-hydrogen) atoms. The Morgan fingerprint density at radius 1 is 1.25 bits per heavy atom. The predicted molar refractivity (Wildman–Crippen MR) is 123 cm³/mol. The predicted octanol–water partition coefficient (Wildman–Crippen LogP) is 4.05. The second kappa shape index (κ2) is 10.0. The number of carboxylic acids is 1. The molecule has 0 aromatic heterocycles. The van der Waals surface area contributed by atoms with Gasteiger partial charge in [-0.2, -0.15) is 8.78 Å². The summed E-state index contributed by atoms with van der Waals surface area (Å²) in [5.41, 5.74) is -1.24. The van der Waals surface area contributed by atoms with E-state index in [0.29, 0.717) is 7.14 Å². The fourth-order valence-electron chi connectivity index (χ4n) is 2.76. The largest absolute Gasteiger partial charge is 0.477 e. The lowest BCUT2D eigenvalue weighted by Gasteiger charge is -2.27. The molecule has 13 heteroatoms. The molecule has 2 rings (SSSR count). The normalized spacial score (nSPS) is 17.3. The maximum absolute atomic E-state index is 14.4. The third-order valence-corrected chi connectivity index (χ3v) is 5.59. The quantitative estimate of drug-likeness (QED) is 0.262. The van der Waals surface area contributed by atoms with Crippen LogP contribution < -0.4 is 5.32 Å². The summed E-state index contributed by atoms with van der Waals surface area (Å²) in [6, 6.07) is 2.86. The Morgan fingerprint density at radius 2 is 1.88 bits per heavy atom. The van der Waals surface area contributed by atoms with E-state index in [1.165, 1.54) is 6.07 Å². The van der Waals surface area contributed by atoms with Crippen molar-refractivity contribution < 1.29 is 47.3 Å². The molecule has 1 aliphatic heterocycles. The highest BCUT2D eigenvalue weighted by Gasteiger charge is 2.57. The van der Waals surface area contributed by atoms with Gasteiger partial charge < -0.3 is 19.3 Å². The van der Waals surface area contributed by atoms with E-state index in [1.54, 1.807) is 26.8 Å². The first kappa shape index (κ1) is 26.5. The van der Waals surface area contributed by atoms with Crippen LogP contribution >= 0.6 is 45.2 Å². The Kier molecular flexibility index (Phi) is 8.28. The Balaban J connectivity index is 2.42. The number of alkyl halides is 2. The number of anilines is 1. The first-order valence-electron chi connectivity index (χ1n) is 9.11. The van der Waals surface area contributed by atoms with E-state index in [4.69, 9.17) is 14.6 Å². The highest BCUT2D eigenvalue weighted by Crippen LogP contribution is 2.35. The Hall–Kier alpha value is -1.78. The zero-order chi connectivity index (χ0) is 24.4. The summed E-state index contributed by atoms with van der Waals surface area (Å²) >= 11 is 3.68. The van der Waals surface area contributed by atoms with Crippen LogP contribution in [0.1, 0.15) is 37.6 Å². The number of halogens is 4. The zero-order valence-electron chi connectivity index (χ0n) is 17.0. The van der Waals surface area contributed by atoms with Crippen LogP contribution in [-0.4, -0.2) is 53.3 Å². The highest BCUT2D eigenvalue weighted by molar-refractivity contribution is 14.1. The molecule has 1 heterocycles. The van der Waals surface area contributed by atoms with Gasteiger partial charge in [0.25, 0.3) is 0 Å². The van der Waals surface area contributed by atoms with Crippen LogP contribution in [0.4, 0.5) is 19.3 Å². The molecule has 2 N–H and O–H groups in total. The highest BCUT2D eigenvalue weighted by atomic mass is 127. The number of carboxylic acid groups (broad SMARTS) is 1. The van der Waals surface area contributed by atoms with Gasteiger partial charge in [0.1, 0.15) is 11.5 Å². The van der Waals surface area contributed by atoms with E-state index in [1.807, 2.05) is 45.2 Å². The van der Waals surface area contributed by atoms with Crippen LogP contribution in [0.25, 0.3) is 0 Å². The van der Waals surface area contributed by atoms with Crippen LogP contribution in [0, 0.1) is 13.1 Å². The number of esters is 2. The lowest BCUT2D eigenvalue weighted by atomic mass is 9.95. The van der Waals surface area contributed by atoms with Crippen molar-refractivity contribution in [3.8, 4) is 0 Å². The van der Waals surface area contributed by atoms with Crippen molar-refractivity contribution in [2.45, 2.75) is 44.8 Å². The SMILES string of the molecule is CC(C)(C)OC(=O)Nc1c(I)cc(I)cc1C(=O)OC(C1CCOC1=O)C(F)(F)C(=O)O. The van der Waals surface area contributed by atoms with Gasteiger partial charge >= 0.3 is 29.9 Å². The average molecular weight is 681 g/mol. The molecule has 2 unspecified atom stereocenters. The molecule has 0 radical (unpaired) electrons. The monoisotopic (exact) mass is 681 g/mol. The maximum Gasteiger partial charge on any atom is 0.412 e. The number of carbonyl (C=O) groups excluding carboxylic acids is 3. The molecule has 0 saturated carbocycles. The maximum atomic E-state index is 14.4. The van der Waals surface area contributed by atoms with Gasteiger partial charge in [-0.3, -0.25) is 10.1 Å². The third kappa shape index (κ3) is 6.39. The summed E-state index contributed by atoms with van der Waals surface area (Å²) < 4.78 is 44.3. The fraction of sp³-hybridized carbons (Fsp3) is 0.474. The van der Waals surface area contributed by atoms with E-state index in [-0.39, 0.29) is 24.3 Å². The average Bonchev–Trinajstić information content (AvgIpc) is 3.05. The number of amides is 1. The van der Waals surface area contributed by atoms with Crippen molar-refractivity contribution in [2.24, 2.45) is 5.92 Å². The molecule has 1 amide bonds. The first-order chi connectivity index (χ1) is 14.6. The molecular formula is C19H19F2I2NO8. The second-order valence-corrected chi connectivity index (χ2v) is 10.2. The standard InChI is InChI=1S/C19H19F2I2NO8/c1-18(2,3)32-17(29)24-12-10(6-8(22)7-11(12)23)15(26)31-13(19(20,21)16(27)28)9-4-5-30-14(9)25/h6-7,9,13H,4-5H2,1-3H3,(H,24,29)(H,27,28). The minimum absolute atomic E-state index is 0.0725. The van der Waals surface area contributed by atoms with Gasteiger partial charge in [-0.25, -0.2) is 14.4 Å². The molecular weight excluding hydrogens is 662 g/mol. The van der Waals surface area contributed by atoms with Crippen molar-refractivity contribution in [1.82, 2.24) is 0 Å². The first-order valence-corrected chi connectivity index (χ1v) is 11.3. The second-order valence-electron chi connectivity index (χ2n) is 7.75. The number of benzene rings is 1. The molecule has 1 saturated heterocycles. The topological polar surface area (TPSA) is 128 Å². The summed E-state index contributed by atoms with van der Waals surface area (Å²) in [4.78, 5) is 48.1. The molecule has 1 aromatic rings. The van der Waals surface area contributed by atoms with Crippen LogP contribution in [-0.2, 0) is 23.8 Å². The van der Waals surface area contributed by atoms with Gasteiger partial charge in [0.2, 0.25) is 0 Å². The van der Waals surface area contributed by atoms with E-state index < -0.39 is 47.5 Å². The molecule has 1 aliphatic rings. The molecule has 176 valence electrons. The molecule has 0 spiro atoms. The summed E-state index contributed by atoms with van der Waals surface area (Å²) in [6.45, 7) is 4.67. The number of cyclic esters (lactones) is 1. The van der Waals surface area contributed by atoms with Crippen molar-refractivity contribution in [2.75, 3.05) is 11.9 Å². The van der Waals surface area contributed by atoms with Crippen LogP contribution in [0.15, 0.2) is 12.1 Å². The van der Waals surface area contributed by atoms with Gasteiger partial charge in [-0.1, -0.05) is 0 Å². The van der Waals surface area contributed by atoms with Crippen LogP contribution in [0.3, 0.4) is 0 Å². The molecule has 0 bridgehead atoms. The van der Waals surface area contributed by atoms with Crippen molar-refractivity contribution in [3.05, 3.63) is 24.8 Å². The van der Waals surface area contributed by atoms with Gasteiger partial charge in [0, 0.05) is 7.14 Å². The molecule has 9 nitrogen and oxygen atoms in total. The lowest BCUT2D eigenvalue weighted by molar-refractivity contribution is -0.189. The molecule has 1 aromatic carbocycles. The Bertz CT molecular complexity index is 948. The van der Waals surface area contributed by atoms with Gasteiger partial charge in [-0.15, -0.1) is 0 Å². The lowest BCUT2D eigenvalue weighted by Crippen LogP contribution is -2.49. The number of rotatable bonds is 6. The minimum atomic E-state index is -4.56. The van der Waals surface area contributed by atoms with Crippen LogP contribution in [0.2, 0.25) is 0 Å². The number of ether oxygens (including phenoxy) is 3. The number of hydrogen-bond donors (Lipinski definition) is 2. The summed E-state index contributed by atoms with van der Waals surface area (Å²) in [6.07, 6.45) is -3.75. The minimum Gasteiger partial charge on any atom is -0.477 e. The van der Waals surface area contributed by atoms with Crippen molar-refractivity contribution in [1.29, 1.82) is 0 Å². The van der Waals surface area contributed by atoms with Gasteiger partial charge in [0.05, 0.1) is 17.9 Å². The van der Waals surface area contributed by atoms with E-state index in [0.717, 1.165) is 0 Å². The zero-order valence-corrected chi connectivity index (χ0v) is 21.4. The third-order valence-electron chi connectivity index (χ3n) is 4.12. The van der Waals surface area contributed by atoms with Gasteiger partial charge in [-0.05, 0) is 84.5 Å². The van der Waals surface area contributed by atoms with E-state index in [2.05, 4.69) is 10.1 Å². The molecule has 0 aliphatic carbocycles. The van der Waals surface area contributed by atoms with Crippen LogP contribution in [0.5, 0.6) is 0 Å². The molecule has 2 atom stereocenters. The van der Waals surface area contributed by atoms with Crippen molar-refractivity contribution >= 4 is 74.9 Å². The van der Waals surface area contributed by atoms with Gasteiger partial charge in [0.15, 0.2) is 6.10 Å². The number of nitrogens with one attached hydrogen (secondary N) is 1. The Labute approximate surface area is 208 Å². The summed E-state index contributed by atoms with van der Waals surface area (Å²) in [5, 5.41) is 11.3. The number of hydrogen-bond acceptors (Lipinski definition) is 7. The van der Waals surface area contributed by atoms with Crippen molar-refractivity contribution in [3.63, 3.8) is 0 Å². The summed E-state index contributed by atoms with van der Waals surface area (Å²) in [7, 11) is 0. The van der Waals surface area contributed by atoms with E-state index >= 15 is 0 Å². The fourth-order valence-corrected chi connectivity index (χ4v) is 4.74. The Morgan fingerprint density at radius 3 is 2.38 bits per heavy atom.